The van der Waals surface area contributed by atoms with E-state index in [0.29, 0.717) is 0 Å². The molecule has 0 saturated carbocycles. The molecule has 0 fully saturated rings. The smallest absolute Gasteiger partial charge is 0.411 e. The van der Waals surface area contributed by atoms with Crippen molar-refractivity contribution in [3.8, 4) is 0 Å². The zero-order valence-corrected chi connectivity index (χ0v) is 10.4. The van der Waals surface area contributed by atoms with Gasteiger partial charge in [0.1, 0.15) is 0 Å². The van der Waals surface area contributed by atoms with Gasteiger partial charge in [-0.3, -0.25) is 0 Å². The molecular formula is C12H16NO4+. The average molecular weight is 238 g/mol. The number of aliphatic hydroxyl groups excluding tert-OH is 1. The fourth-order valence-electron chi connectivity index (χ4n) is 1.54. The minimum Gasteiger partial charge on any atom is -0.476 e. The van der Waals surface area contributed by atoms with Gasteiger partial charge < -0.3 is 14.6 Å². The Kier molecular flexibility index (Phi) is 4.09. The first-order valence-corrected chi connectivity index (χ1v) is 5.05. The van der Waals surface area contributed by atoms with Crippen LogP contribution in [0.25, 0.3) is 5.70 Å². The van der Waals surface area contributed by atoms with E-state index in [4.69, 9.17) is 0 Å². The van der Waals surface area contributed by atoms with Crippen LogP contribution >= 0.6 is 0 Å². The van der Waals surface area contributed by atoms with Crippen LogP contribution in [0.4, 0.5) is 0 Å². The SMILES string of the molecule is COC(=O)/C(=C(/O)OC)[n+]1cc(C)cc(C)c1. The molecule has 1 rings (SSSR count). The minimum absolute atomic E-state index is 0.0539. The minimum atomic E-state index is -0.667. The van der Waals surface area contributed by atoms with Crippen LogP contribution in [0.1, 0.15) is 11.1 Å². The number of methoxy groups -OCH3 is 2. The highest BCUT2D eigenvalue weighted by atomic mass is 16.6. The second-order valence-electron chi connectivity index (χ2n) is 3.65. The summed E-state index contributed by atoms with van der Waals surface area (Å²) >= 11 is 0. The molecule has 5 nitrogen and oxygen atoms in total. The predicted molar refractivity (Wildman–Crippen MR) is 61.0 cm³/mol. The lowest BCUT2D eigenvalue weighted by Crippen LogP contribution is -2.38. The summed E-state index contributed by atoms with van der Waals surface area (Å²) in [5.74, 6) is -1.15. The van der Waals surface area contributed by atoms with Crippen LogP contribution in [-0.2, 0) is 14.3 Å². The van der Waals surface area contributed by atoms with Crippen molar-refractivity contribution in [3.63, 3.8) is 0 Å². The number of aromatic nitrogens is 1. The van der Waals surface area contributed by atoms with Gasteiger partial charge in [-0.05, 0) is 19.9 Å². The van der Waals surface area contributed by atoms with Gasteiger partial charge in [0.05, 0.1) is 14.2 Å². The highest BCUT2D eigenvalue weighted by Crippen LogP contribution is 2.07. The molecule has 1 aromatic rings. The van der Waals surface area contributed by atoms with Gasteiger partial charge in [0, 0.05) is 11.1 Å². The Bertz CT molecular complexity index is 445. The summed E-state index contributed by atoms with van der Waals surface area (Å²) in [6, 6.07) is 1.95. The molecule has 0 amide bonds. The Morgan fingerprint density at radius 1 is 1.18 bits per heavy atom. The molecule has 0 radical (unpaired) electrons. The molecule has 17 heavy (non-hydrogen) atoms. The van der Waals surface area contributed by atoms with Crippen molar-refractivity contribution in [2.45, 2.75) is 13.8 Å². The normalized spacial score (nSPS) is 11.8. The lowest BCUT2D eigenvalue weighted by atomic mass is 10.2. The third kappa shape index (κ3) is 2.96. The van der Waals surface area contributed by atoms with E-state index in [2.05, 4.69) is 9.47 Å². The lowest BCUT2D eigenvalue weighted by molar-refractivity contribution is -0.581. The molecule has 0 unspecified atom stereocenters. The van der Waals surface area contributed by atoms with Crippen molar-refractivity contribution in [1.82, 2.24) is 0 Å². The van der Waals surface area contributed by atoms with Gasteiger partial charge in [0.2, 0.25) is 0 Å². The quantitative estimate of drug-likeness (QED) is 0.371. The molecule has 1 aromatic heterocycles. The highest BCUT2D eigenvalue weighted by molar-refractivity contribution is 6.06. The van der Waals surface area contributed by atoms with Crippen molar-refractivity contribution in [2.24, 2.45) is 0 Å². The highest BCUT2D eigenvalue weighted by Gasteiger charge is 2.28. The Hall–Kier alpha value is -2.04. The first kappa shape index (κ1) is 13.0. The summed E-state index contributed by atoms with van der Waals surface area (Å²) in [5, 5.41) is 9.59. The number of aliphatic hydroxyl groups is 1. The zero-order chi connectivity index (χ0) is 13.0. The van der Waals surface area contributed by atoms with Gasteiger partial charge in [-0.2, -0.15) is 4.57 Å². The molecule has 0 spiro atoms. The van der Waals surface area contributed by atoms with E-state index in [1.807, 2.05) is 19.9 Å². The fourth-order valence-corrected chi connectivity index (χ4v) is 1.54. The molecule has 1 N–H and O–H groups in total. The summed E-state index contributed by atoms with van der Waals surface area (Å²) < 4.78 is 10.8. The molecule has 0 atom stereocenters. The second-order valence-corrected chi connectivity index (χ2v) is 3.65. The monoisotopic (exact) mass is 238 g/mol. The van der Waals surface area contributed by atoms with Crippen molar-refractivity contribution >= 4 is 11.7 Å². The maximum atomic E-state index is 11.6. The Balaban J connectivity index is 3.38. The number of pyridine rings is 1. The van der Waals surface area contributed by atoms with Gasteiger partial charge in [-0.1, -0.05) is 0 Å². The molecule has 1 heterocycles. The second kappa shape index (κ2) is 5.34. The zero-order valence-electron chi connectivity index (χ0n) is 10.4. The van der Waals surface area contributed by atoms with Gasteiger partial charge in [-0.25, -0.2) is 4.79 Å². The van der Waals surface area contributed by atoms with E-state index in [-0.39, 0.29) is 5.70 Å². The van der Waals surface area contributed by atoms with E-state index in [1.54, 1.807) is 12.4 Å². The molecule has 0 aromatic carbocycles. The number of rotatable bonds is 3. The third-order valence-corrected chi connectivity index (χ3v) is 2.17. The predicted octanol–water partition coefficient (Wildman–Crippen LogP) is 1.09. The number of carbonyl (C=O) groups is 1. The van der Waals surface area contributed by atoms with Crippen LogP contribution < -0.4 is 4.57 Å². The first-order valence-electron chi connectivity index (χ1n) is 5.05. The summed E-state index contributed by atoms with van der Waals surface area (Å²) in [6.07, 6.45) is 3.41. The maximum Gasteiger partial charge on any atom is 0.411 e. The van der Waals surface area contributed by atoms with E-state index in [1.165, 1.54) is 18.8 Å². The van der Waals surface area contributed by atoms with Crippen molar-refractivity contribution in [3.05, 3.63) is 35.5 Å². The summed E-state index contributed by atoms with van der Waals surface area (Å²) in [4.78, 5) is 11.6. The summed E-state index contributed by atoms with van der Waals surface area (Å²) in [7, 11) is 2.52. The fraction of sp³-hybridized carbons (Fsp3) is 0.333. The number of hydrogen-bond donors (Lipinski definition) is 1. The summed E-state index contributed by atoms with van der Waals surface area (Å²) in [5.41, 5.74) is 1.85. The number of esters is 1. The molecular weight excluding hydrogens is 222 g/mol. The first-order chi connectivity index (χ1) is 7.99. The number of ether oxygens (including phenoxy) is 2. The molecule has 0 saturated heterocycles. The lowest BCUT2D eigenvalue weighted by Gasteiger charge is -2.04. The molecule has 92 valence electrons. The topological polar surface area (TPSA) is 59.6 Å². The van der Waals surface area contributed by atoms with E-state index in [0.717, 1.165) is 11.1 Å². The van der Waals surface area contributed by atoms with Crippen molar-refractivity contribution in [1.29, 1.82) is 0 Å². The van der Waals surface area contributed by atoms with Crippen LogP contribution in [0.2, 0.25) is 0 Å². The average Bonchev–Trinajstić information content (AvgIpc) is 2.27. The number of aryl methyl sites for hydroxylation is 2. The van der Waals surface area contributed by atoms with Crippen LogP contribution in [0, 0.1) is 13.8 Å². The van der Waals surface area contributed by atoms with Crippen LogP contribution in [0.15, 0.2) is 24.4 Å². The van der Waals surface area contributed by atoms with E-state index >= 15 is 0 Å². The molecule has 5 heteroatoms. The molecule has 0 aliphatic heterocycles. The van der Waals surface area contributed by atoms with E-state index < -0.39 is 11.9 Å². The van der Waals surface area contributed by atoms with Gasteiger partial charge in [0.25, 0.3) is 0 Å². The van der Waals surface area contributed by atoms with Crippen molar-refractivity contribution in [2.75, 3.05) is 14.2 Å². The number of nitrogens with zero attached hydrogens (tertiary/aromatic N) is 1. The Morgan fingerprint density at radius 2 is 1.71 bits per heavy atom. The standard InChI is InChI=1S/C12H15NO4/c1-8-5-9(2)7-13(6-8)10(11(14)16-3)12(15)17-4/h5-7H,1-4H3/p+1. The maximum absolute atomic E-state index is 11.6. The Morgan fingerprint density at radius 3 is 2.12 bits per heavy atom. The van der Waals surface area contributed by atoms with Gasteiger partial charge in [0.15, 0.2) is 12.4 Å². The molecule has 0 bridgehead atoms. The van der Waals surface area contributed by atoms with Crippen LogP contribution in [0.5, 0.6) is 0 Å². The van der Waals surface area contributed by atoms with Gasteiger partial charge in [-0.15, -0.1) is 0 Å². The molecule has 0 aliphatic rings. The largest absolute Gasteiger partial charge is 0.476 e. The van der Waals surface area contributed by atoms with E-state index in [9.17, 15) is 9.90 Å². The Labute approximate surface area is 99.9 Å². The number of hydrogen-bond acceptors (Lipinski definition) is 4. The number of carbonyl (C=O) groups excluding carboxylic acids is 1. The van der Waals surface area contributed by atoms with Crippen molar-refractivity contribution < 1.29 is 23.9 Å². The van der Waals surface area contributed by atoms with Gasteiger partial charge >= 0.3 is 17.6 Å². The summed E-state index contributed by atoms with van der Waals surface area (Å²) in [6.45, 7) is 3.78. The van der Waals surface area contributed by atoms with Crippen LogP contribution in [-0.4, -0.2) is 25.3 Å². The van der Waals surface area contributed by atoms with Crippen LogP contribution in [0.3, 0.4) is 0 Å². The molecule has 0 aliphatic carbocycles. The third-order valence-electron chi connectivity index (χ3n) is 2.17.